The molecule has 0 bridgehead atoms. The summed E-state index contributed by atoms with van der Waals surface area (Å²) in [6.45, 7) is 4.08. The Morgan fingerprint density at radius 1 is 1.05 bits per heavy atom. The number of aromatic nitrogens is 2. The van der Waals surface area contributed by atoms with Gasteiger partial charge in [0.15, 0.2) is 5.82 Å². The van der Waals surface area contributed by atoms with Crippen molar-refractivity contribution >= 4 is 17.2 Å². The van der Waals surface area contributed by atoms with Gasteiger partial charge in [0.05, 0.1) is 11.4 Å². The summed E-state index contributed by atoms with van der Waals surface area (Å²) in [6.07, 6.45) is 2.98. The molecule has 4 heteroatoms. The third kappa shape index (κ3) is 2.32. The Hall–Kier alpha value is -2.49. The van der Waals surface area contributed by atoms with E-state index in [2.05, 4.69) is 34.3 Å². The first-order valence-corrected chi connectivity index (χ1v) is 6.72. The van der Waals surface area contributed by atoms with E-state index < -0.39 is 0 Å². The summed E-state index contributed by atoms with van der Waals surface area (Å²) in [6, 6.07) is 14.0. The summed E-state index contributed by atoms with van der Waals surface area (Å²) in [5.74, 6) is 0.778. The predicted molar refractivity (Wildman–Crippen MR) is 79.9 cm³/mol. The van der Waals surface area contributed by atoms with Crippen molar-refractivity contribution in [1.29, 1.82) is 0 Å². The van der Waals surface area contributed by atoms with Crippen LogP contribution in [0.25, 0.3) is 5.65 Å². The second-order valence-electron chi connectivity index (χ2n) is 4.67. The fraction of sp³-hybridized carbons (Fsp3) is 0.188. The molecule has 0 amide bonds. The molecule has 4 nitrogen and oxygen atoms in total. The lowest BCUT2D eigenvalue weighted by atomic mass is 10.2. The van der Waals surface area contributed by atoms with Gasteiger partial charge in [-0.05, 0) is 43.2 Å². The van der Waals surface area contributed by atoms with Crippen molar-refractivity contribution in [3.63, 3.8) is 0 Å². The van der Waals surface area contributed by atoms with Gasteiger partial charge in [0.2, 0.25) is 0 Å². The summed E-state index contributed by atoms with van der Waals surface area (Å²) < 4.78 is 1.94. The smallest absolute Gasteiger partial charge is 0.182 e. The van der Waals surface area contributed by atoms with Gasteiger partial charge in [0, 0.05) is 6.20 Å². The monoisotopic (exact) mass is 264 g/mol. The van der Waals surface area contributed by atoms with Crippen LogP contribution in [0.2, 0.25) is 0 Å². The van der Waals surface area contributed by atoms with Crippen LogP contribution in [0.4, 0.5) is 11.5 Å². The summed E-state index contributed by atoms with van der Waals surface area (Å²) in [4.78, 5) is 4.46. The number of pyridine rings is 1. The third-order valence-corrected chi connectivity index (χ3v) is 3.28. The highest BCUT2D eigenvalue weighted by Crippen LogP contribution is 2.23. The Morgan fingerprint density at radius 2 is 1.85 bits per heavy atom. The van der Waals surface area contributed by atoms with Crippen LogP contribution >= 0.6 is 0 Å². The molecule has 0 aliphatic heterocycles. The molecule has 2 heterocycles. The predicted octanol–water partition coefficient (Wildman–Crippen LogP) is 4.62. The van der Waals surface area contributed by atoms with Crippen LogP contribution in [-0.4, -0.2) is 9.38 Å². The van der Waals surface area contributed by atoms with Crippen LogP contribution in [0.15, 0.2) is 58.9 Å². The molecule has 1 aromatic carbocycles. The number of imidazole rings is 1. The second kappa shape index (κ2) is 5.25. The third-order valence-electron chi connectivity index (χ3n) is 3.28. The molecule has 0 spiro atoms. The van der Waals surface area contributed by atoms with Gasteiger partial charge in [0.1, 0.15) is 5.65 Å². The van der Waals surface area contributed by atoms with Crippen LogP contribution < -0.4 is 0 Å². The van der Waals surface area contributed by atoms with Gasteiger partial charge >= 0.3 is 0 Å². The van der Waals surface area contributed by atoms with Gasteiger partial charge in [-0.25, -0.2) is 4.98 Å². The quantitative estimate of drug-likeness (QED) is 0.636. The Bertz CT molecular complexity index is 754. The Morgan fingerprint density at radius 3 is 2.60 bits per heavy atom. The molecular formula is C16H16N4. The SMILES string of the molecule is CCc1ccc(N=Nc2c(C)nc3ccccn23)cc1. The average molecular weight is 264 g/mol. The van der Waals surface area contributed by atoms with Crippen molar-refractivity contribution in [3.05, 3.63) is 59.9 Å². The summed E-state index contributed by atoms with van der Waals surface area (Å²) in [5.41, 5.74) is 3.92. The maximum absolute atomic E-state index is 4.46. The molecule has 20 heavy (non-hydrogen) atoms. The lowest BCUT2D eigenvalue weighted by Gasteiger charge is -1.97. The van der Waals surface area contributed by atoms with E-state index >= 15 is 0 Å². The number of nitrogens with zero attached hydrogens (tertiary/aromatic N) is 4. The lowest BCUT2D eigenvalue weighted by molar-refractivity contribution is 1.09. The zero-order valence-electron chi connectivity index (χ0n) is 11.6. The van der Waals surface area contributed by atoms with Gasteiger partial charge in [-0.2, -0.15) is 0 Å². The largest absolute Gasteiger partial charge is 0.283 e. The molecular weight excluding hydrogens is 248 g/mol. The minimum absolute atomic E-state index is 0.778. The van der Waals surface area contributed by atoms with Crippen LogP contribution in [-0.2, 0) is 6.42 Å². The highest BCUT2D eigenvalue weighted by Gasteiger charge is 2.06. The van der Waals surface area contributed by atoms with E-state index in [0.717, 1.165) is 29.3 Å². The zero-order chi connectivity index (χ0) is 13.9. The van der Waals surface area contributed by atoms with Crippen LogP contribution in [0.1, 0.15) is 18.2 Å². The zero-order valence-corrected chi connectivity index (χ0v) is 11.6. The summed E-state index contributed by atoms with van der Waals surface area (Å²) in [5, 5.41) is 8.64. The Kier molecular flexibility index (Phi) is 3.29. The number of fused-ring (bicyclic) bond motifs is 1. The van der Waals surface area contributed by atoms with Crippen molar-refractivity contribution in [3.8, 4) is 0 Å². The maximum Gasteiger partial charge on any atom is 0.182 e. The highest BCUT2D eigenvalue weighted by atomic mass is 15.2. The van der Waals surface area contributed by atoms with E-state index in [4.69, 9.17) is 0 Å². The minimum atomic E-state index is 0.778. The number of aryl methyl sites for hydroxylation is 2. The average Bonchev–Trinajstić information content (AvgIpc) is 2.81. The van der Waals surface area contributed by atoms with E-state index in [1.165, 1.54) is 5.56 Å². The van der Waals surface area contributed by atoms with Gasteiger partial charge in [-0.3, -0.25) is 4.40 Å². The number of azo groups is 1. The summed E-state index contributed by atoms with van der Waals surface area (Å²) in [7, 11) is 0. The van der Waals surface area contributed by atoms with Gasteiger partial charge in [0.25, 0.3) is 0 Å². The van der Waals surface area contributed by atoms with Crippen LogP contribution in [0.5, 0.6) is 0 Å². The molecule has 0 atom stereocenters. The molecule has 100 valence electrons. The number of rotatable bonds is 3. The topological polar surface area (TPSA) is 42.0 Å². The van der Waals surface area contributed by atoms with Gasteiger partial charge in [-0.15, -0.1) is 10.2 Å². The lowest BCUT2D eigenvalue weighted by Crippen LogP contribution is -1.81. The number of hydrogen-bond acceptors (Lipinski definition) is 3. The van der Waals surface area contributed by atoms with E-state index in [9.17, 15) is 0 Å². The molecule has 2 aromatic heterocycles. The molecule has 0 N–H and O–H groups in total. The standard InChI is InChI=1S/C16H16N4/c1-3-13-7-9-14(10-8-13)18-19-16-12(2)17-15-6-4-5-11-20(15)16/h4-11H,3H2,1-2H3. The fourth-order valence-corrected chi connectivity index (χ4v) is 2.12. The van der Waals surface area contributed by atoms with E-state index in [1.807, 2.05) is 47.9 Å². The molecule has 0 aliphatic carbocycles. The van der Waals surface area contributed by atoms with Gasteiger partial charge in [-0.1, -0.05) is 25.1 Å². The summed E-state index contributed by atoms with van der Waals surface area (Å²) >= 11 is 0. The number of hydrogen-bond donors (Lipinski definition) is 0. The van der Waals surface area contributed by atoms with Crippen molar-refractivity contribution < 1.29 is 0 Å². The van der Waals surface area contributed by atoms with Crippen molar-refractivity contribution in [2.24, 2.45) is 10.2 Å². The van der Waals surface area contributed by atoms with Crippen molar-refractivity contribution in [2.75, 3.05) is 0 Å². The molecule has 3 aromatic rings. The van der Waals surface area contributed by atoms with Crippen molar-refractivity contribution in [1.82, 2.24) is 9.38 Å². The van der Waals surface area contributed by atoms with Gasteiger partial charge < -0.3 is 0 Å². The molecule has 0 saturated carbocycles. The molecule has 0 unspecified atom stereocenters. The second-order valence-corrected chi connectivity index (χ2v) is 4.67. The first-order valence-electron chi connectivity index (χ1n) is 6.72. The van der Waals surface area contributed by atoms with E-state index in [1.54, 1.807) is 0 Å². The highest BCUT2D eigenvalue weighted by molar-refractivity contribution is 5.51. The van der Waals surface area contributed by atoms with E-state index in [-0.39, 0.29) is 0 Å². The molecule has 0 fully saturated rings. The first kappa shape index (κ1) is 12.5. The number of benzene rings is 1. The minimum Gasteiger partial charge on any atom is -0.283 e. The Labute approximate surface area is 117 Å². The molecule has 3 rings (SSSR count). The molecule has 0 saturated heterocycles. The van der Waals surface area contributed by atoms with Crippen molar-refractivity contribution in [2.45, 2.75) is 20.3 Å². The van der Waals surface area contributed by atoms with E-state index in [0.29, 0.717) is 0 Å². The molecule has 0 radical (unpaired) electrons. The normalized spacial score (nSPS) is 11.5. The van der Waals surface area contributed by atoms with Crippen LogP contribution in [0.3, 0.4) is 0 Å². The van der Waals surface area contributed by atoms with Crippen LogP contribution in [0, 0.1) is 6.92 Å². The Balaban J connectivity index is 1.95. The fourth-order valence-electron chi connectivity index (χ4n) is 2.12. The first-order chi connectivity index (χ1) is 9.78. The maximum atomic E-state index is 4.46. The molecule has 0 aliphatic rings.